The van der Waals surface area contributed by atoms with Crippen molar-refractivity contribution < 1.29 is 5.11 Å². The summed E-state index contributed by atoms with van der Waals surface area (Å²) in [5.74, 6) is 0. The summed E-state index contributed by atoms with van der Waals surface area (Å²) in [5.41, 5.74) is 5.61. The number of rotatable bonds is 2. The van der Waals surface area contributed by atoms with E-state index in [2.05, 4.69) is 11.9 Å². The van der Waals surface area contributed by atoms with Crippen LogP contribution in [0, 0.1) is 5.41 Å². The van der Waals surface area contributed by atoms with Crippen LogP contribution in [0.1, 0.15) is 57.8 Å². The zero-order valence-corrected chi connectivity index (χ0v) is 12.0. The zero-order chi connectivity index (χ0) is 13.1. The first-order valence-electron chi connectivity index (χ1n) is 7.73. The van der Waals surface area contributed by atoms with Crippen molar-refractivity contribution in [3.63, 3.8) is 0 Å². The zero-order valence-electron chi connectivity index (χ0n) is 12.0. The summed E-state index contributed by atoms with van der Waals surface area (Å²) in [6.07, 6.45) is 10.3. The molecule has 3 nitrogen and oxygen atoms in total. The first-order chi connectivity index (χ1) is 8.62. The Balaban J connectivity index is 2.17. The van der Waals surface area contributed by atoms with Gasteiger partial charge in [0.05, 0.1) is 5.60 Å². The van der Waals surface area contributed by atoms with Gasteiger partial charge in [-0.05, 0) is 45.7 Å². The summed E-state index contributed by atoms with van der Waals surface area (Å²) in [6, 6.07) is 0. The standard InChI is InChI=1S/C15H30N2O/c1-17-11-6-9-15(18,10-12-17)14(13-16)7-4-2-3-5-8-14/h18H,2-13,16H2,1H3. The molecule has 3 N–H and O–H groups in total. The molecule has 1 unspecified atom stereocenters. The van der Waals surface area contributed by atoms with E-state index in [1.54, 1.807) is 0 Å². The van der Waals surface area contributed by atoms with Crippen LogP contribution >= 0.6 is 0 Å². The van der Waals surface area contributed by atoms with Gasteiger partial charge < -0.3 is 15.7 Å². The molecule has 0 radical (unpaired) electrons. The van der Waals surface area contributed by atoms with E-state index in [1.165, 1.54) is 25.7 Å². The SMILES string of the molecule is CN1CCCC(O)(C2(CN)CCCCCC2)CC1. The first-order valence-corrected chi connectivity index (χ1v) is 7.73. The molecule has 1 saturated heterocycles. The summed E-state index contributed by atoms with van der Waals surface area (Å²) in [5, 5.41) is 11.3. The summed E-state index contributed by atoms with van der Waals surface area (Å²) < 4.78 is 0. The predicted octanol–water partition coefficient (Wildman–Crippen LogP) is 2.13. The Hall–Kier alpha value is -0.120. The average molecular weight is 254 g/mol. The van der Waals surface area contributed by atoms with Crippen LogP contribution in [0.2, 0.25) is 0 Å². The van der Waals surface area contributed by atoms with E-state index in [4.69, 9.17) is 5.73 Å². The smallest absolute Gasteiger partial charge is 0.0728 e. The van der Waals surface area contributed by atoms with Crippen LogP contribution in [-0.4, -0.2) is 42.3 Å². The molecule has 2 aliphatic rings. The summed E-state index contributed by atoms with van der Waals surface area (Å²) >= 11 is 0. The van der Waals surface area contributed by atoms with Gasteiger partial charge in [-0.25, -0.2) is 0 Å². The predicted molar refractivity (Wildman–Crippen MR) is 75.5 cm³/mol. The van der Waals surface area contributed by atoms with E-state index < -0.39 is 5.60 Å². The Morgan fingerprint density at radius 3 is 2.22 bits per heavy atom. The van der Waals surface area contributed by atoms with Crippen molar-refractivity contribution in [2.75, 3.05) is 26.7 Å². The number of hydrogen-bond acceptors (Lipinski definition) is 3. The van der Waals surface area contributed by atoms with Crippen molar-refractivity contribution >= 4 is 0 Å². The van der Waals surface area contributed by atoms with E-state index in [1.807, 2.05) is 0 Å². The molecular weight excluding hydrogens is 224 g/mol. The van der Waals surface area contributed by atoms with Crippen molar-refractivity contribution in [2.45, 2.75) is 63.4 Å². The molecule has 0 amide bonds. The number of hydrogen-bond donors (Lipinski definition) is 2. The molecule has 1 heterocycles. The van der Waals surface area contributed by atoms with Gasteiger partial charge in [-0.15, -0.1) is 0 Å². The molecular formula is C15H30N2O. The average Bonchev–Trinajstić information content (AvgIpc) is 2.70. The molecule has 0 aromatic heterocycles. The van der Waals surface area contributed by atoms with Gasteiger partial charge >= 0.3 is 0 Å². The van der Waals surface area contributed by atoms with Gasteiger partial charge in [-0.3, -0.25) is 0 Å². The fourth-order valence-electron chi connectivity index (χ4n) is 4.05. The van der Waals surface area contributed by atoms with Crippen molar-refractivity contribution in [2.24, 2.45) is 11.1 Å². The number of nitrogens with zero attached hydrogens (tertiary/aromatic N) is 1. The minimum absolute atomic E-state index is 0.00528. The van der Waals surface area contributed by atoms with Crippen LogP contribution in [0.5, 0.6) is 0 Å². The quantitative estimate of drug-likeness (QED) is 0.742. The molecule has 1 aliphatic carbocycles. The van der Waals surface area contributed by atoms with Crippen molar-refractivity contribution in [3.05, 3.63) is 0 Å². The van der Waals surface area contributed by atoms with E-state index in [-0.39, 0.29) is 5.41 Å². The lowest BCUT2D eigenvalue weighted by Gasteiger charge is -2.47. The lowest BCUT2D eigenvalue weighted by Crippen LogP contribution is -2.53. The molecule has 0 bridgehead atoms. The molecule has 0 aromatic carbocycles. The molecule has 3 heteroatoms. The number of nitrogens with two attached hydrogens (primary N) is 1. The molecule has 18 heavy (non-hydrogen) atoms. The van der Waals surface area contributed by atoms with Crippen LogP contribution in [0.25, 0.3) is 0 Å². The second-order valence-electron chi connectivity index (χ2n) is 6.59. The Labute approximate surface area is 112 Å². The third-order valence-corrected chi connectivity index (χ3v) is 5.48. The van der Waals surface area contributed by atoms with E-state index in [0.29, 0.717) is 6.54 Å². The number of aliphatic hydroxyl groups is 1. The summed E-state index contributed by atoms with van der Waals surface area (Å²) in [6.45, 7) is 2.79. The van der Waals surface area contributed by atoms with Crippen molar-refractivity contribution in [1.82, 2.24) is 4.90 Å². The van der Waals surface area contributed by atoms with Crippen LogP contribution in [0.3, 0.4) is 0 Å². The highest BCUT2D eigenvalue weighted by Crippen LogP contribution is 2.47. The Morgan fingerprint density at radius 2 is 1.61 bits per heavy atom. The maximum atomic E-state index is 11.3. The second kappa shape index (κ2) is 5.89. The van der Waals surface area contributed by atoms with Gasteiger partial charge in [0.15, 0.2) is 0 Å². The molecule has 1 atom stereocenters. The molecule has 2 fully saturated rings. The Kier molecular flexibility index (Phi) is 4.68. The fraction of sp³-hybridized carbons (Fsp3) is 1.00. The highest BCUT2D eigenvalue weighted by Gasteiger charge is 2.48. The summed E-state index contributed by atoms with van der Waals surface area (Å²) in [7, 11) is 2.16. The highest BCUT2D eigenvalue weighted by atomic mass is 16.3. The second-order valence-corrected chi connectivity index (χ2v) is 6.59. The maximum absolute atomic E-state index is 11.3. The lowest BCUT2D eigenvalue weighted by atomic mass is 9.64. The van der Waals surface area contributed by atoms with Gasteiger partial charge in [0.25, 0.3) is 0 Å². The van der Waals surface area contributed by atoms with Gasteiger partial charge in [-0.2, -0.15) is 0 Å². The molecule has 1 saturated carbocycles. The van der Waals surface area contributed by atoms with E-state index >= 15 is 0 Å². The monoisotopic (exact) mass is 254 g/mol. The lowest BCUT2D eigenvalue weighted by molar-refractivity contribution is -0.0988. The molecule has 1 aliphatic heterocycles. The van der Waals surface area contributed by atoms with E-state index in [0.717, 1.165) is 45.2 Å². The number of likely N-dealkylation sites (tertiary alicyclic amines) is 1. The molecule has 0 spiro atoms. The van der Waals surface area contributed by atoms with Gasteiger partial charge in [0.2, 0.25) is 0 Å². The third kappa shape index (κ3) is 2.73. The van der Waals surface area contributed by atoms with Crippen LogP contribution < -0.4 is 5.73 Å². The molecule has 106 valence electrons. The molecule has 2 rings (SSSR count). The topological polar surface area (TPSA) is 49.5 Å². The van der Waals surface area contributed by atoms with Crippen molar-refractivity contribution in [1.29, 1.82) is 0 Å². The normalized spacial score (nSPS) is 34.8. The van der Waals surface area contributed by atoms with Crippen molar-refractivity contribution in [3.8, 4) is 0 Å². The third-order valence-electron chi connectivity index (χ3n) is 5.48. The largest absolute Gasteiger partial charge is 0.389 e. The van der Waals surface area contributed by atoms with Crippen LogP contribution in [0.15, 0.2) is 0 Å². The van der Waals surface area contributed by atoms with Gasteiger partial charge in [0, 0.05) is 18.5 Å². The molecule has 0 aromatic rings. The van der Waals surface area contributed by atoms with Crippen LogP contribution in [0.4, 0.5) is 0 Å². The maximum Gasteiger partial charge on any atom is 0.0728 e. The minimum atomic E-state index is -0.517. The first kappa shape index (κ1) is 14.3. The van der Waals surface area contributed by atoms with Gasteiger partial charge in [0.1, 0.15) is 0 Å². The fourth-order valence-corrected chi connectivity index (χ4v) is 4.05. The van der Waals surface area contributed by atoms with E-state index in [9.17, 15) is 5.11 Å². The minimum Gasteiger partial charge on any atom is -0.389 e. The highest BCUT2D eigenvalue weighted by molar-refractivity contribution is 5.01. The Morgan fingerprint density at radius 1 is 0.944 bits per heavy atom. The summed E-state index contributed by atoms with van der Waals surface area (Å²) in [4.78, 5) is 2.35. The van der Waals surface area contributed by atoms with Crippen LogP contribution in [-0.2, 0) is 0 Å². The van der Waals surface area contributed by atoms with Gasteiger partial charge in [-0.1, -0.05) is 25.7 Å². The Bertz CT molecular complexity index is 261.